The van der Waals surface area contributed by atoms with E-state index in [2.05, 4.69) is 10.3 Å². The Bertz CT molecular complexity index is 578. The second-order valence-electron chi connectivity index (χ2n) is 6.40. The number of carboxylic acid groups (broad SMARTS) is 1. The third-order valence-electron chi connectivity index (χ3n) is 4.87. The average Bonchev–Trinajstić information content (AvgIpc) is 3.16. The molecule has 1 aromatic rings. The highest BCUT2D eigenvalue weighted by Gasteiger charge is 2.34. The van der Waals surface area contributed by atoms with Crippen molar-refractivity contribution in [3.05, 3.63) is 15.6 Å². The number of aliphatic carboxylic acids is 1. The lowest BCUT2D eigenvalue weighted by molar-refractivity contribution is -0.142. The molecule has 1 aromatic heterocycles. The Hall–Kier alpha value is -1.43. The molecular weight excluding hydrogens is 300 g/mol. The molecule has 2 aliphatic rings. The number of hydrogen-bond acceptors (Lipinski definition) is 4. The van der Waals surface area contributed by atoms with Crippen molar-refractivity contribution in [1.82, 2.24) is 10.3 Å². The first-order valence-electron chi connectivity index (χ1n) is 8.07. The van der Waals surface area contributed by atoms with Crippen LogP contribution in [0.1, 0.15) is 71.2 Å². The molecule has 3 rings (SSSR count). The largest absolute Gasteiger partial charge is 0.481 e. The van der Waals surface area contributed by atoms with Crippen molar-refractivity contribution >= 4 is 23.2 Å². The summed E-state index contributed by atoms with van der Waals surface area (Å²) < 4.78 is 0. The van der Waals surface area contributed by atoms with Gasteiger partial charge >= 0.3 is 5.97 Å². The van der Waals surface area contributed by atoms with E-state index < -0.39 is 11.9 Å². The SMILES string of the molecule is Cc1nc(C2CCCC2)sc1C(=O)N[C@@H]1CCC[C@@H]1C(=O)O. The minimum absolute atomic E-state index is 0.155. The van der Waals surface area contributed by atoms with Crippen LogP contribution in [0.15, 0.2) is 0 Å². The van der Waals surface area contributed by atoms with E-state index in [0.29, 0.717) is 17.2 Å². The fourth-order valence-electron chi connectivity index (χ4n) is 3.64. The van der Waals surface area contributed by atoms with Crippen LogP contribution in [0, 0.1) is 12.8 Å². The van der Waals surface area contributed by atoms with E-state index in [1.807, 2.05) is 6.92 Å². The number of nitrogens with one attached hydrogen (secondary N) is 1. The normalized spacial score (nSPS) is 25.5. The number of amides is 1. The zero-order valence-corrected chi connectivity index (χ0v) is 13.6. The van der Waals surface area contributed by atoms with Crippen molar-refractivity contribution in [2.75, 3.05) is 0 Å². The van der Waals surface area contributed by atoms with Crippen LogP contribution in [0.5, 0.6) is 0 Å². The van der Waals surface area contributed by atoms with Gasteiger partial charge in [-0.3, -0.25) is 9.59 Å². The molecule has 0 saturated heterocycles. The van der Waals surface area contributed by atoms with Crippen LogP contribution in [0.25, 0.3) is 0 Å². The van der Waals surface area contributed by atoms with E-state index in [1.165, 1.54) is 24.2 Å². The average molecular weight is 322 g/mol. The van der Waals surface area contributed by atoms with Gasteiger partial charge in [-0.15, -0.1) is 11.3 Å². The molecule has 5 nitrogen and oxygen atoms in total. The Morgan fingerprint density at radius 3 is 2.59 bits per heavy atom. The monoisotopic (exact) mass is 322 g/mol. The van der Waals surface area contributed by atoms with Gasteiger partial charge in [0.15, 0.2) is 0 Å². The van der Waals surface area contributed by atoms with E-state index in [4.69, 9.17) is 0 Å². The lowest BCUT2D eigenvalue weighted by Gasteiger charge is -2.17. The van der Waals surface area contributed by atoms with Crippen molar-refractivity contribution in [1.29, 1.82) is 0 Å². The predicted octanol–water partition coefficient (Wildman–Crippen LogP) is 3.09. The molecule has 0 aliphatic heterocycles. The van der Waals surface area contributed by atoms with Gasteiger partial charge in [-0.05, 0) is 32.6 Å². The van der Waals surface area contributed by atoms with Crippen LogP contribution in [0.2, 0.25) is 0 Å². The molecule has 0 radical (unpaired) electrons. The summed E-state index contributed by atoms with van der Waals surface area (Å²) >= 11 is 1.49. The van der Waals surface area contributed by atoms with Gasteiger partial charge in [0.2, 0.25) is 0 Å². The highest BCUT2D eigenvalue weighted by molar-refractivity contribution is 7.13. The summed E-state index contributed by atoms with van der Waals surface area (Å²) in [5.74, 6) is -0.914. The molecule has 2 aliphatic carbocycles. The lowest BCUT2D eigenvalue weighted by Crippen LogP contribution is -2.40. The van der Waals surface area contributed by atoms with Gasteiger partial charge in [0, 0.05) is 12.0 Å². The Kier molecular flexibility index (Phi) is 4.47. The Labute approximate surface area is 134 Å². The molecule has 120 valence electrons. The first-order chi connectivity index (χ1) is 10.6. The van der Waals surface area contributed by atoms with Crippen LogP contribution in [0.3, 0.4) is 0 Å². The fourth-order valence-corrected chi connectivity index (χ4v) is 4.78. The van der Waals surface area contributed by atoms with Crippen molar-refractivity contribution in [2.24, 2.45) is 5.92 Å². The van der Waals surface area contributed by atoms with E-state index in [0.717, 1.165) is 36.4 Å². The molecule has 2 atom stereocenters. The van der Waals surface area contributed by atoms with Crippen molar-refractivity contribution in [2.45, 2.75) is 63.8 Å². The van der Waals surface area contributed by atoms with Gasteiger partial charge in [-0.2, -0.15) is 0 Å². The Balaban J connectivity index is 1.70. The predicted molar refractivity (Wildman–Crippen MR) is 84.3 cm³/mol. The number of aryl methyl sites for hydroxylation is 1. The zero-order valence-electron chi connectivity index (χ0n) is 12.8. The van der Waals surface area contributed by atoms with Crippen LogP contribution < -0.4 is 5.32 Å². The van der Waals surface area contributed by atoms with Gasteiger partial charge in [0.1, 0.15) is 4.88 Å². The fraction of sp³-hybridized carbons (Fsp3) is 0.688. The first kappa shape index (κ1) is 15.5. The number of carboxylic acids is 1. The molecule has 22 heavy (non-hydrogen) atoms. The number of nitrogens with zero attached hydrogens (tertiary/aromatic N) is 1. The number of carbonyl (C=O) groups excluding carboxylic acids is 1. The van der Waals surface area contributed by atoms with Crippen LogP contribution in [0.4, 0.5) is 0 Å². The summed E-state index contributed by atoms with van der Waals surface area (Å²) in [5.41, 5.74) is 0.772. The lowest BCUT2D eigenvalue weighted by atomic mass is 10.0. The number of hydrogen-bond donors (Lipinski definition) is 2. The van der Waals surface area contributed by atoms with Crippen LogP contribution >= 0.6 is 11.3 Å². The molecule has 2 fully saturated rings. The van der Waals surface area contributed by atoms with Gasteiger partial charge in [0.25, 0.3) is 5.91 Å². The molecule has 0 unspecified atom stereocenters. The minimum Gasteiger partial charge on any atom is -0.481 e. The van der Waals surface area contributed by atoms with Gasteiger partial charge in [-0.1, -0.05) is 19.3 Å². The number of aromatic nitrogens is 1. The highest BCUT2D eigenvalue weighted by atomic mass is 32.1. The number of thiazole rings is 1. The molecule has 1 heterocycles. The third-order valence-corrected chi connectivity index (χ3v) is 6.19. The van der Waals surface area contributed by atoms with Gasteiger partial charge in [0.05, 0.1) is 16.6 Å². The van der Waals surface area contributed by atoms with Crippen molar-refractivity contribution in [3.8, 4) is 0 Å². The second kappa shape index (κ2) is 6.36. The Morgan fingerprint density at radius 2 is 1.91 bits per heavy atom. The maximum atomic E-state index is 12.5. The maximum Gasteiger partial charge on any atom is 0.308 e. The van der Waals surface area contributed by atoms with E-state index in [1.54, 1.807) is 0 Å². The van der Waals surface area contributed by atoms with E-state index in [9.17, 15) is 14.7 Å². The van der Waals surface area contributed by atoms with Crippen LogP contribution in [-0.4, -0.2) is 28.0 Å². The topological polar surface area (TPSA) is 79.3 Å². The van der Waals surface area contributed by atoms with E-state index >= 15 is 0 Å². The van der Waals surface area contributed by atoms with Crippen LogP contribution in [-0.2, 0) is 4.79 Å². The highest BCUT2D eigenvalue weighted by Crippen LogP contribution is 2.37. The molecule has 1 amide bonds. The smallest absolute Gasteiger partial charge is 0.308 e. The van der Waals surface area contributed by atoms with Crippen molar-refractivity contribution < 1.29 is 14.7 Å². The maximum absolute atomic E-state index is 12.5. The molecule has 0 spiro atoms. The summed E-state index contributed by atoms with van der Waals surface area (Å²) in [4.78, 5) is 28.9. The first-order valence-corrected chi connectivity index (χ1v) is 8.89. The standard InChI is InChI=1S/C16H22N2O3S/c1-9-13(22-15(17-9)10-5-2-3-6-10)14(19)18-12-8-4-7-11(12)16(20)21/h10-12H,2-8H2,1H3,(H,18,19)(H,20,21)/t11-,12+/m0/s1. The molecule has 0 bridgehead atoms. The zero-order chi connectivity index (χ0) is 15.7. The third kappa shape index (κ3) is 3.02. The quantitative estimate of drug-likeness (QED) is 0.893. The van der Waals surface area contributed by atoms with Crippen molar-refractivity contribution in [3.63, 3.8) is 0 Å². The number of carbonyl (C=O) groups is 2. The van der Waals surface area contributed by atoms with Gasteiger partial charge in [-0.25, -0.2) is 4.98 Å². The number of rotatable bonds is 4. The minimum atomic E-state index is -0.810. The molecular formula is C16H22N2O3S. The molecule has 2 saturated carbocycles. The summed E-state index contributed by atoms with van der Waals surface area (Å²) in [6.07, 6.45) is 7.07. The van der Waals surface area contributed by atoms with E-state index in [-0.39, 0.29) is 11.9 Å². The summed E-state index contributed by atoms with van der Waals surface area (Å²) in [6.45, 7) is 1.87. The summed E-state index contributed by atoms with van der Waals surface area (Å²) in [5, 5.41) is 13.2. The molecule has 2 N–H and O–H groups in total. The van der Waals surface area contributed by atoms with Gasteiger partial charge < -0.3 is 10.4 Å². The summed E-state index contributed by atoms with van der Waals surface area (Å²) in [7, 11) is 0. The molecule has 0 aromatic carbocycles. The second-order valence-corrected chi connectivity index (χ2v) is 7.43. The molecule has 6 heteroatoms. The Morgan fingerprint density at radius 1 is 1.18 bits per heavy atom. The summed E-state index contributed by atoms with van der Waals surface area (Å²) in [6, 6.07) is -0.249.